The zero-order chi connectivity index (χ0) is 21.8. The lowest BCUT2D eigenvalue weighted by Gasteiger charge is -2.07. The molecule has 2 aromatic heterocycles. The zero-order valence-electron chi connectivity index (χ0n) is 16.6. The number of nitrogens with zero attached hydrogens (tertiary/aromatic N) is 3. The van der Waals surface area contributed by atoms with Gasteiger partial charge in [-0.25, -0.2) is 9.97 Å². The Kier molecular flexibility index (Phi) is 5.57. The maximum Gasteiger partial charge on any atom is 0.280 e. The molecule has 4 aromatic rings. The Morgan fingerprint density at radius 1 is 0.935 bits per heavy atom. The Hall–Kier alpha value is -4.27. The fourth-order valence-electron chi connectivity index (χ4n) is 3.11. The highest BCUT2D eigenvalue weighted by molar-refractivity contribution is 5.94. The Morgan fingerprint density at radius 2 is 1.65 bits per heavy atom. The molecule has 0 unspecified atom stereocenters. The number of nitrogens with two attached hydrogens (primary N) is 2. The highest BCUT2D eigenvalue weighted by atomic mass is 16.1. The van der Waals surface area contributed by atoms with Crippen LogP contribution in [-0.4, -0.2) is 25.8 Å². The van der Waals surface area contributed by atoms with E-state index in [4.69, 9.17) is 11.5 Å². The predicted molar refractivity (Wildman–Crippen MR) is 118 cm³/mol. The van der Waals surface area contributed by atoms with Crippen LogP contribution in [-0.2, 0) is 19.4 Å². The van der Waals surface area contributed by atoms with E-state index in [0.29, 0.717) is 36.3 Å². The average Bonchev–Trinajstić information content (AvgIpc) is 2.77. The van der Waals surface area contributed by atoms with Crippen LogP contribution < -0.4 is 22.3 Å². The number of carbonyl (C=O) groups is 1. The number of benzene rings is 2. The number of nitrogen functional groups attached to an aromatic ring is 2. The molecule has 0 spiro atoms. The topological polar surface area (TPSA) is 153 Å². The van der Waals surface area contributed by atoms with E-state index in [1.807, 2.05) is 24.3 Å². The number of aromatic nitrogens is 4. The molecule has 156 valence electrons. The average molecular weight is 415 g/mol. The van der Waals surface area contributed by atoms with E-state index < -0.39 is 5.56 Å². The van der Waals surface area contributed by atoms with E-state index >= 15 is 0 Å². The van der Waals surface area contributed by atoms with Crippen molar-refractivity contribution in [1.29, 1.82) is 0 Å². The quantitative estimate of drug-likeness (QED) is 0.349. The summed E-state index contributed by atoms with van der Waals surface area (Å²) in [5.41, 5.74) is 15.1. The molecule has 6 N–H and O–H groups in total. The van der Waals surface area contributed by atoms with Crippen LogP contribution >= 0.6 is 0 Å². The summed E-state index contributed by atoms with van der Waals surface area (Å²) in [7, 11) is 0. The molecular weight excluding hydrogens is 394 g/mol. The first-order valence-electron chi connectivity index (χ1n) is 9.71. The molecule has 0 aliphatic heterocycles. The zero-order valence-corrected chi connectivity index (χ0v) is 16.6. The standard InChI is InChI=1S/C22H21N7O2/c23-16-8-3-14(4-9-16)11-26-20(30)15-6-1-13(2-7-15)5-10-17-12-25-19-18(27-17)21(31)29-22(24)28-19/h1-4,6-9,12H,5,10-11,23H2,(H,26,30)(H3,24,25,28,29,31). The minimum atomic E-state index is -0.411. The molecule has 0 bridgehead atoms. The van der Waals surface area contributed by atoms with E-state index in [1.165, 1.54) is 0 Å². The maximum absolute atomic E-state index is 12.4. The third-order valence-corrected chi connectivity index (χ3v) is 4.80. The van der Waals surface area contributed by atoms with E-state index in [1.54, 1.807) is 30.5 Å². The van der Waals surface area contributed by atoms with Gasteiger partial charge in [-0.05, 0) is 48.2 Å². The van der Waals surface area contributed by atoms with Gasteiger partial charge in [-0.1, -0.05) is 24.3 Å². The number of nitrogens with one attached hydrogen (secondary N) is 2. The van der Waals surface area contributed by atoms with Crippen molar-refractivity contribution in [2.75, 3.05) is 11.5 Å². The summed E-state index contributed by atoms with van der Waals surface area (Å²) in [5, 5.41) is 2.89. The second-order valence-corrected chi connectivity index (χ2v) is 7.11. The van der Waals surface area contributed by atoms with Crippen molar-refractivity contribution < 1.29 is 4.79 Å². The number of aryl methyl sites for hydroxylation is 2. The highest BCUT2D eigenvalue weighted by Gasteiger charge is 2.08. The molecule has 1 amide bonds. The number of fused-ring (bicyclic) bond motifs is 1. The lowest BCUT2D eigenvalue weighted by molar-refractivity contribution is 0.0951. The number of hydrogen-bond donors (Lipinski definition) is 4. The number of H-pyrrole nitrogens is 1. The third-order valence-electron chi connectivity index (χ3n) is 4.80. The van der Waals surface area contributed by atoms with Crippen molar-refractivity contribution in [2.45, 2.75) is 19.4 Å². The van der Waals surface area contributed by atoms with E-state index in [0.717, 1.165) is 11.1 Å². The molecule has 2 heterocycles. The molecule has 0 radical (unpaired) electrons. The van der Waals surface area contributed by atoms with Crippen LogP contribution in [0.2, 0.25) is 0 Å². The van der Waals surface area contributed by atoms with Crippen LogP contribution in [0.5, 0.6) is 0 Å². The Labute approximate surface area is 177 Å². The fourth-order valence-corrected chi connectivity index (χ4v) is 3.11. The minimum Gasteiger partial charge on any atom is -0.399 e. The van der Waals surface area contributed by atoms with E-state index in [-0.39, 0.29) is 23.0 Å². The Morgan fingerprint density at radius 3 is 2.39 bits per heavy atom. The van der Waals surface area contributed by atoms with E-state index in [9.17, 15) is 9.59 Å². The van der Waals surface area contributed by atoms with Crippen molar-refractivity contribution >= 4 is 28.7 Å². The minimum absolute atomic E-state index is 0.0112. The van der Waals surface area contributed by atoms with Gasteiger partial charge in [-0.15, -0.1) is 0 Å². The SMILES string of the molecule is Nc1ccc(CNC(=O)c2ccc(CCc3cnc4nc(N)[nH]c(=O)c4n3)cc2)cc1. The van der Waals surface area contributed by atoms with Crippen LogP contribution in [0.15, 0.2) is 59.5 Å². The van der Waals surface area contributed by atoms with Crippen molar-refractivity contribution in [3.05, 3.63) is 87.5 Å². The summed E-state index contributed by atoms with van der Waals surface area (Å²) >= 11 is 0. The smallest absolute Gasteiger partial charge is 0.280 e. The maximum atomic E-state index is 12.4. The Bertz CT molecular complexity index is 1280. The van der Waals surface area contributed by atoms with Gasteiger partial charge in [0.25, 0.3) is 11.5 Å². The first kappa shape index (κ1) is 20.0. The van der Waals surface area contributed by atoms with Gasteiger partial charge in [-0.2, -0.15) is 4.98 Å². The molecule has 9 heteroatoms. The second kappa shape index (κ2) is 8.62. The van der Waals surface area contributed by atoms with Crippen LogP contribution in [0.1, 0.15) is 27.2 Å². The monoisotopic (exact) mass is 415 g/mol. The van der Waals surface area contributed by atoms with Gasteiger partial charge in [0.15, 0.2) is 11.2 Å². The lowest BCUT2D eigenvalue weighted by Crippen LogP contribution is -2.22. The first-order valence-corrected chi connectivity index (χ1v) is 9.71. The van der Waals surface area contributed by atoms with Gasteiger partial charge in [0, 0.05) is 17.8 Å². The van der Waals surface area contributed by atoms with Gasteiger partial charge in [0.05, 0.1) is 11.9 Å². The summed E-state index contributed by atoms with van der Waals surface area (Å²) in [6.07, 6.45) is 2.87. The van der Waals surface area contributed by atoms with Crippen LogP contribution in [0.25, 0.3) is 11.2 Å². The molecule has 0 fully saturated rings. The van der Waals surface area contributed by atoms with Gasteiger partial charge < -0.3 is 16.8 Å². The molecule has 0 aliphatic rings. The fraction of sp³-hybridized carbons (Fsp3) is 0.136. The molecule has 4 rings (SSSR count). The largest absolute Gasteiger partial charge is 0.399 e. The third kappa shape index (κ3) is 4.84. The number of carbonyl (C=O) groups excluding carboxylic acids is 1. The predicted octanol–water partition coefficient (Wildman–Crippen LogP) is 1.59. The van der Waals surface area contributed by atoms with Crippen LogP contribution in [0.3, 0.4) is 0 Å². The molecule has 9 nitrogen and oxygen atoms in total. The number of aromatic amines is 1. The number of rotatable bonds is 6. The van der Waals surface area contributed by atoms with Gasteiger partial charge in [-0.3, -0.25) is 14.6 Å². The van der Waals surface area contributed by atoms with Crippen molar-refractivity contribution in [3.63, 3.8) is 0 Å². The van der Waals surface area contributed by atoms with Crippen molar-refractivity contribution in [3.8, 4) is 0 Å². The summed E-state index contributed by atoms with van der Waals surface area (Å²) in [4.78, 5) is 39.2. The van der Waals surface area contributed by atoms with E-state index in [2.05, 4.69) is 25.3 Å². The molecule has 31 heavy (non-hydrogen) atoms. The Balaban J connectivity index is 1.36. The lowest BCUT2D eigenvalue weighted by atomic mass is 10.1. The van der Waals surface area contributed by atoms with Crippen LogP contribution in [0, 0.1) is 0 Å². The number of anilines is 2. The van der Waals surface area contributed by atoms with Gasteiger partial charge in [0.2, 0.25) is 5.95 Å². The molecule has 0 saturated carbocycles. The molecule has 0 aliphatic carbocycles. The van der Waals surface area contributed by atoms with Crippen molar-refractivity contribution in [2.24, 2.45) is 0 Å². The number of hydrogen-bond acceptors (Lipinski definition) is 7. The van der Waals surface area contributed by atoms with Crippen LogP contribution in [0.4, 0.5) is 11.6 Å². The summed E-state index contributed by atoms with van der Waals surface area (Å²) in [6.45, 7) is 0.432. The number of amides is 1. The van der Waals surface area contributed by atoms with Crippen molar-refractivity contribution in [1.82, 2.24) is 25.3 Å². The summed E-state index contributed by atoms with van der Waals surface area (Å²) < 4.78 is 0. The van der Waals surface area contributed by atoms with Gasteiger partial charge in [0.1, 0.15) is 0 Å². The summed E-state index contributed by atoms with van der Waals surface area (Å²) in [6, 6.07) is 14.8. The molecule has 0 saturated heterocycles. The summed E-state index contributed by atoms with van der Waals surface area (Å²) in [5.74, 6) is -0.132. The normalized spacial score (nSPS) is 10.8. The highest BCUT2D eigenvalue weighted by Crippen LogP contribution is 2.10. The molecule has 2 aromatic carbocycles. The first-order chi connectivity index (χ1) is 15.0. The second-order valence-electron chi connectivity index (χ2n) is 7.11. The molecule has 0 atom stereocenters. The molecular formula is C22H21N7O2. The van der Waals surface area contributed by atoms with Gasteiger partial charge >= 0.3 is 0 Å².